The molecule has 192 valence electrons. The highest BCUT2D eigenvalue weighted by Gasteiger charge is 2.28. The molecule has 3 heterocycles. The first-order chi connectivity index (χ1) is 18.0. The van der Waals surface area contributed by atoms with Gasteiger partial charge in [-0.25, -0.2) is 9.50 Å². The number of hydrogen-bond acceptors (Lipinski definition) is 7. The van der Waals surface area contributed by atoms with Gasteiger partial charge in [-0.2, -0.15) is 5.10 Å². The summed E-state index contributed by atoms with van der Waals surface area (Å²) in [5.74, 6) is 1.77. The van der Waals surface area contributed by atoms with Gasteiger partial charge in [-0.3, -0.25) is 4.79 Å². The number of amides is 1. The third-order valence-corrected chi connectivity index (χ3v) is 6.56. The Bertz CT molecular complexity index is 1430. The van der Waals surface area contributed by atoms with Crippen LogP contribution in [0.15, 0.2) is 54.6 Å². The standard InChI is InChI=1S/C27H28ClN5O4/c1-17-26(18-9-10-22(35-2)23(13-18)36-3)33-27(29-17)21(14-24(28)31-33)32-12-11-19(15-32)30-25(34)16-37-20-7-5-4-6-8-20/h4-10,13-14,19H,11-12,15-16H2,1-3H3,(H,30,34)/t19-/m1/s1. The Morgan fingerprint density at radius 3 is 2.65 bits per heavy atom. The second kappa shape index (κ2) is 10.6. The summed E-state index contributed by atoms with van der Waals surface area (Å²) < 4.78 is 18.2. The van der Waals surface area contributed by atoms with Gasteiger partial charge in [0.1, 0.15) is 5.75 Å². The van der Waals surface area contributed by atoms with Gasteiger partial charge < -0.3 is 24.4 Å². The SMILES string of the molecule is COc1ccc(-c2c(C)nc3c(N4CC[C@@H](NC(=O)COc5ccccc5)C4)cc(Cl)nn23)cc1OC. The summed E-state index contributed by atoms with van der Waals surface area (Å²) in [6, 6.07) is 16.8. The molecule has 0 saturated carbocycles. The van der Waals surface area contributed by atoms with Crippen molar-refractivity contribution in [2.24, 2.45) is 0 Å². The third-order valence-electron chi connectivity index (χ3n) is 6.37. The Balaban J connectivity index is 1.36. The lowest BCUT2D eigenvalue weighted by atomic mass is 10.1. The van der Waals surface area contributed by atoms with Crippen molar-refractivity contribution in [3.05, 3.63) is 65.4 Å². The highest BCUT2D eigenvalue weighted by molar-refractivity contribution is 6.29. The van der Waals surface area contributed by atoms with Gasteiger partial charge in [-0.15, -0.1) is 0 Å². The fourth-order valence-corrected chi connectivity index (χ4v) is 4.84. The number of aromatic nitrogens is 3. The molecule has 1 fully saturated rings. The van der Waals surface area contributed by atoms with Crippen LogP contribution in [0.5, 0.6) is 17.2 Å². The van der Waals surface area contributed by atoms with Crippen LogP contribution in [0.3, 0.4) is 0 Å². The van der Waals surface area contributed by atoms with Gasteiger partial charge in [0.2, 0.25) is 0 Å². The van der Waals surface area contributed by atoms with Crippen molar-refractivity contribution in [2.45, 2.75) is 19.4 Å². The van der Waals surface area contributed by atoms with E-state index in [1.165, 1.54) is 0 Å². The Morgan fingerprint density at radius 2 is 1.89 bits per heavy atom. The highest BCUT2D eigenvalue weighted by atomic mass is 35.5. The number of carbonyl (C=O) groups is 1. The zero-order valence-electron chi connectivity index (χ0n) is 20.9. The molecule has 10 heteroatoms. The van der Waals surface area contributed by atoms with Crippen LogP contribution in [0.2, 0.25) is 5.15 Å². The minimum Gasteiger partial charge on any atom is -0.493 e. The highest BCUT2D eigenvalue weighted by Crippen LogP contribution is 2.36. The number of fused-ring (bicyclic) bond motifs is 1. The predicted octanol–water partition coefficient (Wildman–Crippen LogP) is 4.15. The summed E-state index contributed by atoms with van der Waals surface area (Å²) in [6.07, 6.45) is 0.797. The molecular weight excluding hydrogens is 494 g/mol. The molecule has 37 heavy (non-hydrogen) atoms. The van der Waals surface area contributed by atoms with Crippen molar-refractivity contribution in [3.63, 3.8) is 0 Å². The molecule has 9 nitrogen and oxygen atoms in total. The van der Waals surface area contributed by atoms with Crippen molar-refractivity contribution in [1.29, 1.82) is 0 Å². The maximum atomic E-state index is 12.5. The zero-order chi connectivity index (χ0) is 25.9. The van der Waals surface area contributed by atoms with Gasteiger partial charge in [0.05, 0.1) is 31.3 Å². The number of para-hydroxylation sites is 1. The number of rotatable bonds is 8. The molecule has 0 bridgehead atoms. The first-order valence-electron chi connectivity index (χ1n) is 12.0. The van der Waals surface area contributed by atoms with Crippen molar-refractivity contribution >= 4 is 28.8 Å². The van der Waals surface area contributed by atoms with Crippen molar-refractivity contribution in [1.82, 2.24) is 19.9 Å². The quantitative estimate of drug-likeness (QED) is 0.372. The summed E-state index contributed by atoms with van der Waals surface area (Å²) in [5.41, 5.74) is 4.08. The second-order valence-corrected chi connectivity index (χ2v) is 9.19. The lowest BCUT2D eigenvalue weighted by Gasteiger charge is -2.20. The molecule has 1 aliphatic rings. The predicted molar refractivity (Wildman–Crippen MR) is 142 cm³/mol. The van der Waals surface area contributed by atoms with Gasteiger partial charge in [-0.05, 0) is 43.7 Å². The molecule has 1 N–H and O–H groups in total. The molecular formula is C27H28ClN5O4. The lowest BCUT2D eigenvalue weighted by Crippen LogP contribution is -2.39. The van der Waals surface area contributed by atoms with E-state index in [1.807, 2.05) is 61.5 Å². The van der Waals surface area contributed by atoms with E-state index in [0.29, 0.717) is 34.6 Å². The molecule has 5 rings (SSSR count). The minimum atomic E-state index is -0.152. The zero-order valence-corrected chi connectivity index (χ0v) is 21.7. The molecule has 1 aliphatic heterocycles. The third kappa shape index (κ3) is 5.13. The molecule has 1 saturated heterocycles. The van der Waals surface area contributed by atoms with E-state index >= 15 is 0 Å². The molecule has 0 unspecified atom stereocenters. The van der Waals surface area contributed by atoms with Crippen LogP contribution in [-0.2, 0) is 4.79 Å². The molecule has 4 aromatic rings. The number of carbonyl (C=O) groups excluding carboxylic acids is 1. The number of methoxy groups -OCH3 is 2. The first kappa shape index (κ1) is 24.7. The summed E-state index contributed by atoms with van der Waals surface area (Å²) in [4.78, 5) is 19.5. The van der Waals surface area contributed by atoms with E-state index in [4.69, 9.17) is 30.8 Å². The normalized spacial score (nSPS) is 15.1. The van der Waals surface area contributed by atoms with E-state index in [9.17, 15) is 4.79 Å². The number of nitrogens with zero attached hydrogens (tertiary/aromatic N) is 4. The van der Waals surface area contributed by atoms with E-state index in [1.54, 1.807) is 18.7 Å². The maximum Gasteiger partial charge on any atom is 0.258 e. The monoisotopic (exact) mass is 521 g/mol. The van der Waals surface area contributed by atoms with Gasteiger partial charge in [0.15, 0.2) is 28.9 Å². The topological polar surface area (TPSA) is 90.2 Å². The molecule has 1 atom stereocenters. The first-order valence-corrected chi connectivity index (χ1v) is 12.3. The van der Waals surface area contributed by atoms with E-state index in [2.05, 4.69) is 15.3 Å². The van der Waals surface area contributed by atoms with Crippen LogP contribution in [0.1, 0.15) is 12.1 Å². The van der Waals surface area contributed by atoms with Crippen molar-refractivity contribution < 1.29 is 19.0 Å². The summed E-state index contributed by atoms with van der Waals surface area (Å²) in [5, 5.41) is 7.98. The maximum absolute atomic E-state index is 12.5. The Labute approximate surface area is 219 Å². The van der Waals surface area contributed by atoms with Gasteiger partial charge in [0, 0.05) is 30.8 Å². The van der Waals surface area contributed by atoms with Gasteiger partial charge in [0.25, 0.3) is 5.91 Å². The fourth-order valence-electron chi connectivity index (χ4n) is 4.66. The van der Waals surface area contributed by atoms with Gasteiger partial charge in [-0.1, -0.05) is 29.8 Å². The molecule has 2 aromatic heterocycles. The summed E-state index contributed by atoms with van der Waals surface area (Å²) in [6.45, 7) is 3.29. The number of imidazole rings is 1. The van der Waals surface area contributed by atoms with Crippen LogP contribution in [0, 0.1) is 6.92 Å². The Morgan fingerprint density at radius 1 is 1.11 bits per heavy atom. The van der Waals surface area contributed by atoms with Crippen LogP contribution >= 0.6 is 11.6 Å². The number of hydrogen-bond donors (Lipinski definition) is 1. The summed E-state index contributed by atoms with van der Waals surface area (Å²) >= 11 is 6.48. The van der Waals surface area contributed by atoms with Crippen molar-refractivity contribution in [2.75, 3.05) is 38.8 Å². The average Bonchev–Trinajstić information content (AvgIpc) is 3.50. The Hall–Kier alpha value is -3.98. The van der Waals surface area contributed by atoms with Crippen LogP contribution in [0.25, 0.3) is 16.9 Å². The smallest absolute Gasteiger partial charge is 0.258 e. The number of anilines is 1. The second-order valence-electron chi connectivity index (χ2n) is 8.80. The van der Waals surface area contributed by atoms with E-state index in [0.717, 1.165) is 35.6 Å². The Kier molecular flexibility index (Phi) is 7.05. The molecule has 0 aliphatic carbocycles. The minimum absolute atomic E-state index is 0.0137. The molecule has 0 spiro atoms. The van der Waals surface area contributed by atoms with Crippen LogP contribution < -0.4 is 24.4 Å². The van der Waals surface area contributed by atoms with Crippen LogP contribution in [-0.4, -0.2) is 60.5 Å². The summed E-state index contributed by atoms with van der Waals surface area (Å²) in [7, 11) is 3.21. The molecule has 1 amide bonds. The van der Waals surface area contributed by atoms with E-state index < -0.39 is 0 Å². The number of benzene rings is 2. The largest absolute Gasteiger partial charge is 0.493 e. The van der Waals surface area contributed by atoms with Gasteiger partial charge >= 0.3 is 0 Å². The number of ether oxygens (including phenoxy) is 3. The fraction of sp³-hybridized carbons (Fsp3) is 0.296. The lowest BCUT2D eigenvalue weighted by molar-refractivity contribution is -0.123. The average molecular weight is 522 g/mol. The molecule has 0 radical (unpaired) electrons. The van der Waals surface area contributed by atoms with E-state index in [-0.39, 0.29) is 18.6 Å². The number of halogens is 1. The van der Waals surface area contributed by atoms with Crippen molar-refractivity contribution in [3.8, 4) is 28.5 Å². The van der Waals surface area contributed by atoms with Crippen LogP contribution in [0.4, 0.5) is 5.69 Å². The number of aryl methyl sites for hydroxylation is 1. The number of nitrogens with one attached hydrogen (secondary N) is 1. The molecule has 2 aromatic carbocycles.